The van der Waals surface area contributed by atoms with Gasteiger partial charge in [-0.2, -0.15) is 13.2 Å². The second-order valence-corrected chi connectivity index (χ2v) is 5.08. The number of hydrogen-bond donors (Lipinski definition) is 1. The molecule has 0 unspecified atom stereocenters. The van der Waals surface area contributed by atoms with Crippen LogP contribution in [0.5, 0.6) is 0 Å². The van der Waals surface area contributed by atoms with Crippen LogP contribution in [0.2, 0.25) is 15.1 Å². The predicted octanol–water partition coefficient (Wildman–Crippen LogP) is 5.02. The zero-order valence-corrected chi connectivity index (χ0v) is 11.8. The van der Waals surface area contributed by atoms with Crippen molar-refractivity contribution in [2.24, 2.45) is 0 Å². The molecule has 2 nitrogen and oxygen atoms in total. The van der Waals surface area contributed by atoms with Crippen molar-refractivity contribution in [3.8, 4) is 11.3 Å². The number of aromatic nitrogens is 1. The molecule has 0 aliphatic heterocycles. The molecule has 2 aromatic rings. The number of hydrogen-bond acceptors (Lipinski definition) is 1. The van der Waals surface area contributed by atoms with Gasteiger partial charge in [0.15, 0.2) is 5.43 Å². The van der Waals surface area contributed by atoms with Gasteiger partial charge in [-0.1, -0.05) is 34.8 Å². The molecule has 0 saturated carbocycles. The van der Waals surface area contributed by atoms with Crippen molar-refractivity contribution in [1.82, 2.24) is 4.98 Å². The monoisotopic (exact) mass is 341 g/mol. The Hall–Kier alpha value is -1.17. The molecule has 106 valence electrons. The number of H-pyrrole nitrogens is 1. The lowest BCUT2D eigenvalue weighted by molar-refractivity contribution is -0.138. The maximum absolute atomic E-state index is 13.0. The second-order valence-electron chi connectivity index (χ2n) is 3.83. The van der Waals surface area contributed by atoms with Gasteiger partial charge in [0.2, 0.25) is 0 Å². The summed E-state index contributed by atoms with van der Waals surface area (Å²) in [7, 11) is 0. The van der Waals surface area contributed by atoms with Gasteiger partial charge in [0, 0.05) is 22.8 Å². The van der Waals surface area contributed by atoms with Gasteiger partial charge in [-0.3, -0.25) is 4.79 Å². The second kappa shape index (κ2) is 5.31. The van der Waals surface area contributed by atoms with E-state index in [0.717, 1.165) is 12.3 Å². The first-order chi connectivity index (χ1) is 9.21. The molecule has 0 bridgehead atoms. The molecule has 0 aliphatic rings. The zero-order valence-electron chi connectivity index (χ0n) is 9.49. The number of aromatic amines is 1. The van der Waals surface area contributed by atoms with Gasteiger partial charge in [0.1, 0.15) is 5.56 Å². The number of pyridine rings is 1. The average molecular weight is 343 g/mol. The zero-order chi connectivity index (χ0) is 15.1. The lowest BCUT2D eigenvalue weighted by Crippen LogP contribution is -2.20. The largest absolute Gasteiger partial charge is 0.422 e. The summed E-state index contributed by atoms with van der Waals surface area (Å²) in [5, 5.41) is 0.000265. The van der Waals surface area contributed by atoms with Crippen molar-refractivity contribution >= 4 is 34.8 Å². The minimum atomic E-state index is -4.84. The molecule has 0 aliphatic carbocycles. The summed E-state index contributed by atoms with van der Waals surface area (Å²) < 4.78 is 39.0. The highest BCUT2D eigenvalue weighted by molar-refractivity contribution is 6.41. The summed E-state index contributed by atoms with van der Waals surface area (Å²) in [6.07, 6.45) is -3.75. The highest BCUT2D eigenvalue weighted by atomic mass is 35.5. The maximum atomic E-state index is 13.0. The van der Waals surface area contributed by atoms with Crippen LogP contribution in [-0.2, 0) is 6.18 Å². The van der Waals surface area contributed by atoms with Crippen molar-refractivity contribution in [1.29, 1.82) is 0 Å². The quantitative estimate of drug-likeness (QED) is 0.775. The Morgan fingerprint density at radius 3 is 2.10 bits per heavy atom. The Morgan fingerprint density at radius 2 is 1.60 bits per heavy atom. The number of alkyl halides is 3. The van der Waals surface area contributed by atoms with Gasteiger partial charge in [0.25, 0.3) is 0 Å². The van der Waals surface area contributed by atoms with Crippen molar-refractivity contribution in [2.45, 2.75) is 6.18 Å². The lowest BCUT2D eigenvalue weighted by atomic mass is 10.0. The first-order valence-electron chi connectivity index (χ1n) is 5.15. The molecule has 1 aromatic carbocycles. The van der Waals surface area contributed by atoms with Gasteiger partial charge in [-0.15, -0.1) is 0 Å². The van der Waals surface area contributed by atoms with E-state index < -0.39 is 22.9 Å². The summed E-state index contributed by atoms with van der Waals surface area (Å²) in [4.78, 5) is 13.9. The third-order valence-corrected chi connectivity index (χ3v) is 3.31. The fourth-order valence-corrected chi connectivity index (χ4v) is 2.74. The van der Waals surface area contributed by atoms with E-state index in [2.05, 4.69) is 4.98 Å². The van der Waals surface area contributed by atoms with Gasteiger partial charge >= 0.3 is 6.18 Å². The van der Waals surface area contributed by atoms with Gasteiger partial charge in [-0.25, -0.2) is 0 Å². The fraction of sp³-hybridized carbons (Fsp3) is 0.0833. The van der Waals surface area contributed by atoms with E-state index in [9.17, 15) is 18.0 Å². The van der Waals surface area contributed by atoms with E-state index in [1.165, 1.54) is 12.1 Å². The maximum Gasteiger partial charge on any atom is 0.422 e. The van der Waals surface area contributed by atoms with Gasteiger partial charge in [-0.05, 0) is 12.1 Å². The number of rotatable bonds is 1. The Kier molecular flexibility index (Phi) is 4.04. The van der Waals surface area contributed by atoms with Crippen LogP contribution in [0, 0.1) is 0 Å². The van der Waals surface area contributed by atoms with E-state index >= 15 is 0 Å². The topological polar surface area (TPSA) is 32.9 Å². The number of halogens is 6. The van der Waals surface area contributed by atoms with Crippen LogP contribution in [-0.4, -0.2) is 4.98 Å². The van der Waals surface area contributed by atoms with Crippen LogP contribution >= 0.6 is 34.8 Å². The molecule has 0 spiro atoms. The number of nitrogens with one attached hydrogen (secondary N) is 1. The van der Waals surface area contributed by atoms with Crippen LogP contribution in [0.25, 0.3) is 11.3 Å². The van der Waals surface area contributed by atoms with Gasteiger partial charge < -0.3 is 4.98 Å². The summed E-state index contributed by atoms with van der Waals surface area (Å²) in [5.74, 6) is 0. The molecule has 1 aromatic heterocycles. The van der Waals surface area contributed by atoms with E-state index in [1.54, 1.807) is 0 Å². The molecule has 0 radical (unpaired) electrons. The normalized spacial score (nSPS) is 11.7. The Balaban J connectivity index is 2.85. The minimum Gasteiger partial charge on any atom is -0.360 e. The van der Waals surface area contributed by atoms with Crippen LogP contribution in [0.4, 0.5) is 13.2 Å². The minimum absolute atomic E-state index is 0.0881. The van der Waals surface area contributed by atoms with Crippen LogP contribution in [0.15, 0.2) is 29.2 Å². The summed E-state index contributed by atoms with van der Waals surface area (Å²) in [6.45, 7) is 0. The molecular formula is C12H5Cl3F3NO. The SMILES string of the molecule is O=c1cc[nH]c(-c2c(Cl)cc(Cl)cc2Cl)c1C(F)(F)F. The molecule has 8 heteroatoms. The first-order valence-corrected chi connectivity index (χ1v) is 6.29. The summed E-state index contributed by atoms with van der Waals surface area (Å²) >= 11 is 17.5. The first kappa shape index (κ1) is 15.2. The fourth-order valence-electron chi connectivity index (χ4n) is 1.74. The van der Waals surface area contributed by atoms with Crippen molar-refractivity contribution in [3.05, 3.63) is 55.3 Å². The average Bonchev–Trinajstić information content (AvgIpc) is 2.25. The third-order valence-electron chi connectivity index (χ3n) is 2.50. The molecule has 2 rings (SSSR count). The summed E-state index contributed by atoms with van der Waals surface area (Å²) in [5.41, 5.74) is -3.14. The van der Waals surface area contributed by atoms with Crippen LogP contribution < -0.4 is 5.43 Å². The van der Waals surface area contributed by atoms with E-state index in [4.69, 9.17) is 34.8 Å². The highest BCUT2D eigenvalue weighted by Crippen LogP contribution is 2.41. The standard InChI is InChI=1S/C12H5Cl3F3NO/c13-5-3-6(14)9(7(15)4-5)11-10(12(16,17)18)8(20)1-2-19-11/h1-4H,(H,19,20). The smallest absolute Gasteiger partial charge is 0.360 e. The van der Waals surface area contributed by atoms with E-state index in [0.29, 0.717) is 0 Å². The molecule has 0 atom stereocenters. The molecule has 1 N–H and O–H groups in total. The van der Waals surface area contributed by atoms with Crippen molar-refractivity contribution < 1.29 is 13.2 Å². The molecule has 1 heterocycles. The molecule has 0 amide bonds. The van der Waals surface area contributed by atoms with E-state index in [1.807, 2.05) is 0 Å². The van der Waals surface area contributed by atoms with Crippen LogP contribution in [0.1, 0.15) is 5.56 Å². The highest BCUT2D eigenvalue weighted by Gasteiger charge is 2.37. The molecule has 0 fully saturated rings. The Morgan fingerprint density at radius 1 is 1.05 bits per heavy atom. The third kappa shape index (κ3) is 2.80. The molecular weight excluding hydrogens is 337 g/mol. The number of benzene rings is 1. The predicted molar refractivity (Wildman–Crippen MR) is 72.5 cm³/mol. The lowest BCUT2D eigenvalue weighted by Gasteiger charge is -2.14. The van der Waals surface area contributed by atoms with E-state index in [-0.39, 0.29) is 20.6 Å². The molecule has 20 heavy (non-hydrogen) atoms. The van der Waals surface area contributed by atoms with Crippen LogP contribution in [0.3, 0.4) is 0 Å². The molecule has 0 saturated heterocycles. The Bertz CT molecular complexity index is 702. The van der Waals surface area contributed by atoms with Gasteiger partial charge in [0.05, 0.1) is 15.7 Å². The van der Waals surface area contributed by atoms with Crippen molar-refractivity contribution in [2.75, 3.05) is 0 Å². The van der Waals surface area contributed by atoms with Crippen molar-refractivity contribution in [3.63, 3.8) is 0 Å². The Labute approximate surface area is 126 Å². The summed E-state index contributed by atoms with van der Waals surface area (Å²) in [6, 6.07) is 3.27.